The second kappa shape index (κ2) is 5.36. The zero-order chi connectivity index (χ0) is 15.8. The molecular weight excluding hydrogens is 316 g/mol. The van der Waals surface area contributed by atoms with Crippen LogP contribution >= 0.6 is 11.3 Å². The average Bonchev–Trinajstić information content (AvgIpc) is 3.08. The smallest absolute Gasteiger partial charge is 0.328 e. The number of rotatable bonds is 2. The van der Waals surface area contributed by atoms with Gasteiger partial charge in [0.1, 0.15) is 5.75 Å². The highest BCUT2D eigenvalue weighted by atomic mass is 32.1. The van der Waals surface area contributed by atoms with Crippen molar-refractivity contribution < 1.29 is 19.4 Å². The topological polar surface area (TPSA) is 79.8 Å². The third-order valence-electron chi connectivity index (χ3n) is 3.31. The molecule has 0 fully saturated rings. The molecule has 7 heteroatoms. The summed E-state index contributed by atoms with van der Waals surface area (Å²) >= 11 is 1.37. The Labute approximate surface area is 135 Å². The van der Waals surface area contributed by atoms with Gasteiger partial charge in [0.2, 0.25) is 0 Å². The fraction of sp³-hybridized carbons (Fsp3) is 0.0625. The summed E-state index contributed by atoms with van der Waals surface area (Å²) in [5.41, 5.74) is 0. The van der Waals surface area contributed by atoms with Gasteiger partial charge >= 0.3 is 12.4 Å². The van der Waals surface area contributed by atoms with Crippen molar-refractivity contribution in [3.8, 4) is 17.2 Å². The van der Waals surface area contributed by atoms with Crippen molar-refractivity contribution in [1.29, 1.82) is 0 Å². The number of carbonyl (C=O) groups is 1. The van der Waals surface area contributed by atoms with E-state index in [2.05, 4.69) is 10.6 Å². The maximum atomic E-state index is 12.0. The minimum absolute atomic E-state index is 0.195. The zero-order valence-electron chi connectivity index (χ0n) is 11.8. The highest BCUT2D eigenvalue weighted by Crippen LogP contribution is 2.34. The van der Waals surface area contributed by atoms with Gasteiger partial charge in [-0.15, -0.1) is 11.3 Å². The van der Waals surface area contributed by atoms with Crippen LogP contribution in [0.3, 0.4) is 0 Å². The second-order valence-electron chi connectivity index (χ2n) is 4.95. The van der Waals surface area contributed by atoms with Crippen molar-refractivity contribution >= 4 is 32.5 Å². The number of urea groups is 1. The Morgan fingerprint density at radius 1 is 1.09 bits per heavy atom. The number of thiophene rings is 1. The molecule has 4 rings (SSSR count). The molecule has 0 atom stereocenters. The minimum Gasteiger partial charge on any atom is -0.508 e. The van der Waals surface area contributed by atoms with E-state index in [0.29, 0.717) is 16.5 Å². The fourth-order valence-electron chi connectivity index (χ4n) is 2.29. The molecule has 0 radical (unpaired) electrons. The van der Waals surface area contributed by atoms with Crippen molar-refractivity contribution in [3.05, 3.63) is 48.5 Å². The van der Waals surface area contributed by atoms with E-state index in [-0.39, 0.29) is 5.75 Å². The number of hydrogen-bond acceptors (Lipinski definition) is 5. The zero-order valence-corrected chi connectivity index (χ0v) is 12.6. The van der Waals surface area contributed by atoms with Gasteiger partial charge in [-0.2, -0.15) is 0 Å². The number of nitrogens with one attached hydrogen (secondary N) is 2. The minimum atomic E-state index is -0.856. The third-order valence-corrected chi connectivity index (χ3v) is 4.32. The first-order chi connectivity index (χ1) is 11.2. The van der Waals surface area contributed by atoms with Crippen LogP contribution in [0.25, 0.3) is 10.1 Å². The number of phenols is 1. The summed E-state index contributed by atoms with van der Waals surface area (Å²) in [6, 6.07) is 13.7. The maximum absolute atomic E-state index is 12.0. The maximum Gasteiger partial charge on any atom is 0.328 e. The van der Waals surface area contributed by atoms with Crippen LogP contribution in [0.4, 0.5) is 9.80 Å². The third kappa shape index (κ3) is 2.74. The number of ether oxygens (including phenoxy) is 2. The number of amides is 2. The fourth-order valence-corrected chi connectivity index (χ4v) is 3.29. The summed E-state index contributed by atoms with van der Waals surface area (Å²) in [5.74, 6) is 1.38. The predicted octanol–water partition coefficient (Wildman–Crippen LogP) is 3.48. The second-order valence-corrected chi connectivity index (χ2v) is 6.03. The summed E-state index contributed by atoms with van der Waals surface area (Å²) in [5, 5.41) is 16.4. The van der Waals surface area contributed by atoms with Gasteiger partial charge in [0.05, 0.1) is 5.00 Å². The van der Waals surface area contributed by atoms with Crippen LogP contribution in [0, 0.1) is 0 Å². The standard InChI is InChI=1S/C16H12N2O4S/c19-10-6-5-9-7-14(23-13(9)8-10)17-15(20)18-16-21-11-3-1-2-4-12(11)22-16/h1-8,16,19H,(H2,17,18,20). The molecular formula is C16H12N2O4S. The molecule has 3 aromatic rings. The highest BCUT2D eigenvalue weighted by Gasteiger charge is 2.25. The molecule has 1 aromatic heterocycles. The Morgan fingerprint density at radius 3 is 2.57 bits per heavy atom. The van der Waals surface area contributed by atoms with E-state index in [1.54, 1.807) is 30.3 Å². The first-order valence-corrected chi connectivity index (χ1v) is 7.71. The van der Waals surface area contributed by atoms with Crippen LogP contribution in [0.15, 0.2) is 48.5 Å². The molecule has 0 aliphatic carbocycles. The van der Waals surface area contributed by atoms with E-state index in [1.807, 2.05) is 18.2 Å². The van der Waals surface area contributed by atoms with Gasteiger partial charge < -0.3 is 14.6 Å². The van der Waals surface area contributed by atoms with Crippen LogP contribution in [0.2, 0.25) is 0 Å². The lowest BCUT2D eigenvalue weighted by molar-refractivity contribution is 0.0302. The first-order valence-electron chi connectivity index (χ1n) is 6.90. The van der Waals surface area contributed by atoms with Crippen molar-refractivity contribution in [3.63, 3.8) is 0 Å². The molecule has 1 aliphatic heterocycles. The Hall–Kier alpha value is -2.93. The molecule has 1 aliphatic rings. The van der Waals surface area contributed by atoms with Gasteiger partial charge in [0, 0.05) is 4.70 Å². The van der Waals surface area contributed by atoms with Gasteiger partial charge in [-0.3, -0.25) is 10.6 Å². The summed E-state index contributed by atoms with van der Waals surface area (Å²) < 4.78 is 11.8. The number of carbonyl (C=O) groups excluding carboxylic acids is 1. The molecule has 0 bridgehead atoms. The van der Waals surface area contributed by atoms with Gasteiger partial charge in [-0.1, -0.05) is 12.1 Å². The molecule has 116 valence electrons. The lowest BCUT2D eigenvalue weighted by Gasteiger charge is -2.12. The number of hydrogen-bond donors (Lipinski definition) is 3. The van der Waals surface area contributed by atoms with Gasteiger partial charge in [-0.25, -0.2) is 4.79 Å². The highest BCUT2D eigenvalue weighted by molar-refractivity contribution is 7.23. The number of benzene rings is 2. The Balaban J connectivity index is 1.42. The van der Waals surface area contributed by atoms with Crippen molar-refractivity contribution in [2.24, 2.45) is 0 Å². The normalized spacial score (nSPS) is 13.2. The molecule has 0 saturated carbocycles. The molecule has 6 nitrogen and oxygen atoms in total. The van der Waals surface area contributed by atoms with Crippen LogP contribution in [0.1, 0.15) is 0 Å². The van der Waals surface area contributed by atoms with Gasteiger partial charge in [0.15, 0.2) is 11.5 Å². The van der Waals surface area contributed by atoms with Gasteiger partial charge in [0.25, 0.3) is 0 Å². The summed E-state index contributed by atoms with van der Waals surface area (Å²) in [6.07, 6.45) is -0.856. The predicted molar refractivity (Wildman–Crippen MR) is 87.1 cm³/mol. The summed E-state index contributed by atoms with van der Waals surface area (Å²) in [6.45, 7) is 0. The summed E-state index contributed by atoms with van der Waals surface area (Å²) in [7, 11) is 0. The molecule has 0 spiro atoms. The quantitative estimate of drug-likeness (QED) is 0.673. The lowest BCUT2D eigenvalue weighted by Crippen LogP contribution is -2.42. The van der Waals surface area contributed by atoms with Crippen LogP contribution in [0.5, 0.6) is 17.2 Å². The van der Waals surface area contributed by atoms with E-state index in [9.17, 15) is 9.90 Å². The summed E-state index contributed by atoms with van der Waals surface area (Å²) in [4.78, 5) is 12.0. The first kappa shape index (κ1) is 13.7. The number of fused-ring (bicyclic) bond motifs is 2. The number of para-hydroxylation sites is 2. The van der Waals surface area contributed by atoms with E-state index in [4.69, 9.17) is 9.47 Å². The monoisotopic (exact) mass is 328 g/mol. The van der Waals surface area contributed by atoms with Crippen molar-refractivity contribution in [2.75, 3.05) is 5.32 Å². The Morgan fingerprint density at radius 2 is 1.83 bits per heavy atom. The van der Waals surface area contributed by atoms with Crippen molar-refractivity contribution in [1.82, 2.24) is 5.32 Å². The number of aromatic hydroxyl groups is 1. The van der Waals surface area contributed by atoms with Crippen LogP contribution in [-0.2, 0) is 0 Å². The van der Waals surface area contributed by atoms with E-state index in [1.165, 1.54) is 11.3 Å². The van der Waals surface area contributed by atoms with Crippen molar-refractivity contribution in [2.45, 2.75) is 6.41 Å². The van der Waals surface area contributed by atoms with Crippen LogP contribution < -0.4 is 20.1 Å². The number of anilines is 1. The Kier molecular flexibility index (Phi) is 3.20. The lowest BCUT2D eigenvalue weighted by atomic mass is 10.2. The average molecular weight is 328 g/mol. The number of phenolic OH excluding ortho intramolecular Hbond substituents is 1. The largest absolute Gasteiger partial charge is 0.508 e. The molecule has 0 unspecified atom stereocenters. The van der Waals surface area contributed by atoms with E-state index >= 15 is 0 Å². The SMILES string of the molecule is O=C(Nc1cc2ccc(O)cc2s1)NC1Oc2ccccc2O1. The molecule has 23 heavy (non-hydrogen) atoms. The van der Waals surface area contributed by atoms with E-state index in [0.717, 1.165) is 10.1 Å². The molecule has 0 saturated heterocycles. The molecule has 3 N–H and O–H groups in total. The van der Waals surface area contributed by atoms with E-state index < -0.39 is 12.4 Å². The van der Waals surface area contributed by atoms with Crippen LogP contribution in [-0.4, -0.2) is 17.6 Å². The molecule has 2 aromatic carbocycles. The van der Waals surface area contributed by atoms with Gasteiger partial charge in [-0.05, 0) is 41.8 Å². The molecule has 2 heterocycles. The Bertz CT molecular complexity index is 868. The molecule has 2 amide bonds.